The lowest BCUT2D eigenvalue weighted by Gasteiger charge is -2.15. The van der Waals surface area contributed by atoms with Gasteiger partial charge in [-0.05, 0) is 30.0 Å². The first-order chi connectivity index (χ1) is 10.5. The quantitative estimate of drug-likeness (QED) is 0.686. The van der Waals surface area contributed by atoms with Gasteiger partial charge in [0.25, 0.3) is 0 Å². The second-order valence-electron chi connectivity index (χ2n) is 5.54. The van der Waals surface area contributed by atoms with Crippen molar-refractivity contribution in [1.29, 1.82) is 0 Å². The van der Waals surface area contributed by atoms with Gasteiger partial charge in [0, 0.05) is 32.4 Å². The molecule has 0 fully saturated rings. The minimum absolute atomic E-state index is 0.0208. The Balaban J connectivity index is 1.89. The van der Waals surface area contributed by atoms with E-state index in [0.29, 0.717) is 6.54 Å². The number of nitrogens with zero attached hydrogens (tertiary/aromatic N) is 1. The fourth-order valence-electron chi connectivity index (χ4n) is 2.50. The molecule has 2 rings (SSSR count). The molecule has 1 aromatic rings. The van der Waals surface area contributed by atoms with E-state index in [0.717, 1.165) is 24.9 Å². The number of aliphatic hydroxyl groups is 1. The van der Waals surface area contributed by atoms with Crippen LogP contribution in [0.1, 0.15) is 30.6 Å². The molecular weight excluding hydrogens is 282 g/mol. The van der Waals surface area contributed by atoms with E-state index in [9.17, 15) is 14.7 Å². The summed E-state index contributed by atoms with van der Waals surface area (Å²) in [6.45, 7) is 3.37. The van der Waals surface area contributed by atoms with E-state index >= 15 is 0 Å². The zero-order valence-electron chi connectivity index (χ0n) is 13.1. The summed E-state index contributed by atoms with van der Waals surface area (Å²) in [6.07, 6.45) is 0.905. The van der Waals surface area contributed by atoms with E-state index in [-0.39, 0.29) is 6.54 Å². The van der Waals surface area contributed by atoms with Crippen LogP contribution in [-0.4, -0.2) is 43.6 Å². The van der Waals surface area contributed by atoms with E-state index in [4.69, 9.17) is 0 Å². The van der Waals surface area contributed by atoms with Crippen molar-refractivity contribution in [2.24, 2.45) is 0 Å². The molecule has 1 atom stereocenters. The van der Waals surface area contributed by atoms with Crippen molar-refractivity contribution in [3.63, 3.8) is 0 Å². The smallest absolute Gasteiger partial charge is 0.309 e. The number of amides is 2. The first kappa shape index (κ1) is 16.3. The lowest BCUT2D eigenvalue weighted by Crippen LogP contribution is -2.41. The maximum atomic E-state index is 11.6. The number of benzene rings is 1. The monoisotopic (exact) mass is 305 g/mol. The van der Waals surface area contributed by atoms with Crippen molar-refractivity contribution < 1.29 is 14.7 Å². The highest BCUT2D eigenvalue weighted by Crippen LogP contribution is 2.29. The SMILES string of the molecule is CCCNC(=O)C(=O)NCC(O)c1ccc2c(c1)CCN2C. The number of rotatable bonds is 5. The number of anilines is 1. The second-order valence-corrected chi connectivity index (χ2v) is 5.54. The maximum absolute atomic E-state index is 11.6. The standard InChI is InChI=1S/C16H23N3O3/c1-3-7-17-15(21)16(22)18-10-14(20)12-4-5-13-11(9-12)6-8-19(13)2/h4-5,9,14,20H,3,6-8,10H2,1-2H3,(H,17,21)(H,18,22). The average Bonchev–Trinajstić information content (AvgIpc) is 2.90. The zero-order valence-corrected chi connectivity index (χ0v) is 13.1. The normalized spacial score (nSPS) is 14.4. The minimum Gasteiger partial charge on any atom is -0.387 e. The van der Waals surface area contributed by atoms with Crippen molar-refractivity contribution in [3.8, 4) is 0 Å². The average molecular weight is 305 g/mol. The van der Waals surface area contributed by atoms with E-state index < -0.39 is 17.9 Å². The van der Waals surface area contributed by atoms with E-state index in [2.05, 4.69) is 15.5 Å². The molecule has 1 aliphatic heterocycles. The minimum atomic E-state index is -0.820. The van der Waals surface area contributed by atoms with Crippen LogP contribution in [0.15, 0.2) is 18.2 Å². The summed E-state index contributed by atoms with van der Waals surface area (Å²) in [6, 6.07) is 5.80. The van der Waals surface area contributed by atoms with Crippen LogP contribution in [-0.2, 0) is 16.0 Å². The molecule has 1 aromatic carbocycles. The Kier molecular flexibility index (Phi) is 5.38. The number of carbonyl (C=O) groups excluding carboxylic acids is 2. The highest BCUT2D eigenvalue weighted by Gasteiger charge is 2.19. The first-order valence-electron chi connectivity index (χ1n) is 7.61. The summed E-state index contributed by atoms with van der Waals surface area (Å²) in [7, 11) is 2.04. The molecule has 1 aliphatic rings. The Morgan fingerprint density at radius 3 is 2.77 bits per heavy atom. The Hall–Kier alpha value is -2.08. The molecule has 0 aliphatic carbocycles. The van der Waals surface area contributed by atoms with Crippen LogP contribution in [0.4, 0.5) is 5.69 Å². The lowest BCUT2D eigenvalue weighted by atomic mass is 10.0. The second kappa shape index (κ2) is 7.26. The summed E-state index contributed by atoms with van der Waals surface area (Å²) in [5.74, 6) is -1.38. The fraction of sp³-hybridized carbons (Fsp3) is 0.500. The van der Waals surface area contributed by atoms with Gasteiger partial charge in [-0.15, -0.1) is 0 Å². The molecule has 120 valence electrons. The fourth-order valence-corrected chi connectivity index (χ4v) is 2.50. The van der Waals surface area contributed by atoms with Gasteiger partial charge in [-0.3, -0.25) is 9.59 Å². The van der Waals surface area contributed by atoms with E-state index in [1.165, 1.54) is 11.3 Å². The van der Waals surface area contributed by atoms with Gasteiger partial charge in [0.15, 0.2) is 0 Å². The highest BCUT2D eigenvalue weighted by atomic mass is 16.3. The largest absolute Gasteiger partial charge is 0.387 e. The Labute approximate surface area is 130 Å². The molecule has 1 heterocycles. The number of hydrogen-bond acceptors (Lipinski definition) is 4. The molecule has 2 amide bonds. The summed E-state index contributed by atoms with van der Waals surface area (Å²) in [5.41, 5.74) is 3.13. The van der Waals surface area contributed by atoms with Crippen LogP contribution in [0.25, 0.3) is 0 Å². The van der Waals surface area contributed by atoms with Crippen LogP contribution in [0.2, 0.25) is 0 Å². The Morgan fingerprint density at radius 1 is 1.32 bits per heavy atom. The number of likely N-dealkylation sites (N-methyl/N-ethyl adjacent to an activating group) is 1. The van der Waals surface area contributed by atoms with E-state index in [1.54, 1.807) is 0 Å². The molecule has 3 N–H and O–H groups in total. The number of hydrogen-bond donors (Lipinski definition) is 3. The number of fused-ring (bicyclic) bond motifs is 1. The first-order valence-corrected chi connectivity index (χ1v) is 7.61. The summed E-state index contributed by atoms with van der Waals surface area (Å²) >= 11 is 0. The van der Waals surface area contributed by atoms with Crippen molar-refractivity contribution in [2.75, 3.05) is 31.6 Å². The predicted molar refractivity (Wildman–Crippen MR) is 84.7 cm³/mol. The lowest BCUT2D eigenvalue weighted by molar-refractivity contribution is -0.139. The van der Waals surface area contributed by atoms with Crippen LogP contribution in [0.3, 0.4) is 0 Å². The molecule has 6 heteroatoms. The molecule has 0 saturated carbocycles. The predicted octanol–water partition coefficient (Wildman–Crippen LogP) is 0.355. The molecule has 0 aromatic heterocycles. The van der Waals surface area contributed by atoms with Crippen molar-refractivity contribution >= 4 is 17.5 Å². The highest BCUT2D eigenvalue weighted by molar-refractivity contribution is 6.35. The number of carbonyl (C=O) groups is 2. The molecule has 0 saturated heterocycles. The zero-order chi connectivity index (χ0) is 16.1. The third-order valence-corrected chi connectivity index (χ3v) is 3.81. The molecule has 22 heavy (non-hydrogen) atoms. The van der Waals surface area contributed by atoms with Crippen LogP contribution in [0.5, 0.6) is 0 Å². The molecular formula is C16H23N3O3. The molecule has 6 nitrogen and oxygen atoms in total. The molecule has 0 bridgehead atoms. The van der Waals surface area contributed by atoms with Gasteiger partial charge in [0.1, 0.15) is 0 Å². The van der Waals surface area contributed by atoms with Gasteiger partial charge in [0.05, 0.1) is 6.10 Å². The van der Waals surface area contributed by atoms with Gasteiger partial charge in [-0.2, -0.15) is 0 Å². The maximum Gasteiger partial charge on any atom is 0.309 e. The Bertz CT molecular complexity index is 560. The van der Waals surface area contributed by atoms with Crippen molar-refractivity contribution in [3.05, 3.63) is 29.3 Å². The number of aliphatic hydroxyl groups excluding tert-OH is 1. The van der Waals surface area contributed by atoms with Crippen molar-refractivity contribution in [1.82, 2.24) is 10.6 Å². The summed E-state index contributed by atoms with van der Waals surface area (Å²) < 4.78 is 0. The van der Waals surface area contributed by atoms with Gasteiger partial charge in [-0.1, -0.05) is 19.1 Å². The third kappa shape index (κ3) is 3.76. The van der Waals surface area contributed by atoms with Crippen LogP contribution >= 0.6 is 0 Å². The van der Waals surface area contributed by atoms with Crippen LogP contribution < -0.4 is 15.5 Å². The summed E-state index contributed by atoms with van der Waals surface area (Å²) in [4.78, 5) is 25.2. The molecule has 1 unspecified atom stereocenters. The Morgan fingerprint density at radius 2 is 2.05 bits per heavy atom. The summed E-state index contributed by atoms with van der Waals surface area (Å²) in [5, 5.41) is 15.1. The van der Waals surface area contributed by atoms with Crippen molar-refractivity contribution in [2.45, 2.75) is 25.9 Å². The molecule has 0 spiro atoms. The third-order valence-electron chi connectivity index (χ3n) is 3.81. The van der Waals surface area contributed by atoms with Gasteiger partial charge >= 0.3 is 11.8 Å². The van der Waals surface area contributed by atoms with Gasteiger partial charge in [0.2, 0.25) is 0 Å². The molecule has 0 radical (unpaired) electrons. The van der Waals surface area contributed by atoms with Crippen LogP contribution in [0, 0.1) is 0 Å². The van der Waals surface area contributed by atoms with E-state index in [1.807, 2.05) is 32.2 Å². The van der Waals surface area contributed by atoms with Gasteiger partial charge in [-0.25, -0.2) is 0 Å². The number of nitrogens with one attached hydrogen (secondary N) is 2. The topological polar surface area (TPSA) is 81.7 Å². The van der Waals surface area contributed by atoms with Gasteiger partial charge < -0.3 is 20.6 Å².